The van der Waals surface area contributed by atoms with E-state index in [1.807, 2.05) is 0 Å². The van der Waals surface area contributed by atoms with Crippen molar-refractivity contribution in [1.29, 1.82) is 0 Å². The van der Waals surface area contributed by atoms with Crippen molar-refractivity contribution < 1.29 is 18.6 Å². The Labute approximate surface area is 403 Å². The zero-order valence-electron chi connectivity index (χ0n) is 40.3. The van der Waals surface area contributed by atoms with Crippen LogP contribution in [-0.4, -0.2) is 36.6 Å². The average molecular weight is 893 g/mol. The van der Waals surface area contributed by atoms with E-state index in [-0.39, 0.29) is 0 Å². The molecule has 0 aromatic heterocycles. The summed E-state index contributed by atoms with van der Waals surface area (Å²) in [7, 11) is -1.14. The summed E-state index contributed by atoms with van der Waals surface area (Å²) in [6.07, 6.45) is 0. The van der Waals surface area contributed by atoms with Gasteiger partial charge in [0.05, 0.1) is 22.4 Å². The maximum absolute atomic E-state index is 6.75. The van der Waals surface area contributed by atoms with Crippen molar-refractivity contribution in [2.24, 2.45) is 0 Å². The van der Waals surface area contributed by atoms with E-state index >= 15 is 0 Å². The third-order valence-electron chi connectivity index (χ3n) is 14.3. The Hall–Kier alpha value is -6.67. The number of nitrogens with zero attached hydrogens (tertiary/aromatic N) is 2. The van der Waals surface area contributed by atoms with Crippen LogP contribution in [0, 0.1) is 0 Å². The van der Waals surface area contributed by atoms with E-state index in [1.165, 1.54) is 0 Å². The highest BCUT2D eigenvalue weighted by Crippen LogP contribution is 2.41. The Balaban J connectivity index is 1.09. The van der Waals surface area contributed by atoms with Gasteiger partial charge in [0.25, 0.3) is 0 Å². The highest BCUT2D eigenvalue weighted by atomic mass is 16.7. The van der Waals surface area contributed by atoms with Gasteiger partial charge in [-0.05, 0) is 185 Å². The Bertz CT molecular complexity index is 2700. The zero-order valence-corrected chi connectivity index (χ0v) is 40.3. The van der Waals surface area contributed by atoms with Crippen molar-refractivity contribution in [3.63, 3.8) is 0 Å². The lowest BCUT2D eigenvalue weighted by Gasteiger charge is -2.32. The highest BCUT2D eigenvalue weighted by molar-refractivity contribution is 6.63. The number of para-hydroxylation sites is 4. The minimum Gasteiger partial charge on any atom is -0.399 e. The van der Waals surface area contributed by atoms with Gasteiger partial charge in [-0.2, -0.15) is 0 Å². The summed E-state index contributed by atoms with van der Waals surface area (Å²) in [5.41, 5.74) is 12.7. The first-order chi connectivity index (χ1) is 32.6. The van der Waals surface area contributed by atoms with Crippen molar-refractivity contribution in [1.82, 2.24) is 0 Å². The van der Waals surface area contributed by atoms with E-state index in [4.69, 9.17) is 18.6 Å². The topological polar surface area (TPSA) is 43.4 Å². The second-order valence-corrected chi connectivity index (χ2v) is 20.0. The molecule has 2 fully saturated rings. The quantitative estimate of drug-likeness (QED) is 0.121. The van der Waals surface area contributed by atoms with Crippen LogP contribution in [0.15, 0.2) is 206 Å². The summed E-state index contributed by atoms with van der Waals surface area (Å²) in [5, 5.41) is 0. The molecule has 338 valence electrons. The monoisotopic (exact) mass is 892 g/mol. The number of hydrogen-bond acceptors (Lipinski definition) is 6. The molecule has 0 aliphatic carbocycles. The van der Waals surface area contributed by atoms with E-state index in [2.05, 4.69) is 271 Å². The van der Waals surface area contributed by atoms with Gasteiger partial charge in [0.15, 0.2) is 0 Å². The molecule has 0 radical (unpaired) electrons. The van der Waals surface area contributed by atoms with Crippen LogP contribution < -0.4 is 20.7 Å². The lowest BCUT2D eigenvalue weighted by atomic mass is 9.74. The van der Waals surface area contributed by atoms with E-state index in [1.54, 1.807) is 0 Å². The maximum atomic E-state index is 6.75. The van der Waals surface area contributed by atoms with Gasteiger partial charge in [0, 0.05) is 34.1 Å². The van der Waals surface area contributed by atoms with Crippen LogP contribution in [0.1, 0.15) is 55.4 Å². The van der Waals surface area contributed by atoms with E-state index in [0.29, 0.717) is 0 Å². The molecule has 8 aromatic rings. The van der Waals surface area contributed by atoms with Crippen molar-refractivity contribution in [2.45, 2.75) is 77.8 Å². The number of benzene rings is 8. The van der Waals surface area contributed by atoms with Crippen LogP contribution >= 0.6 is 0 Å². The lowest BCUT2D eigenvalue weighted by molar-refractivity contribution is 0.00578. The van der Waals surface area contributed by atoms with E-state index in [9.17, 15) is 0 Å². The van der Waals surface area contributed by atoms with Gasteiger partial charge in [0.1, 0.15) is 0 Å². The largest absolute Gasteiger partial charge is 0.494 e. The SMILES string of the molecule is CC1(C)OB(c2cc(-c3ccc(N(c4ccccc4)c4ccccc4)cc3)cc(-c3cc(B4OC(C)(C)C(C)(C)O4)cc(-c4ccc(N(c5ccccc5)c5ccccc5)cc4)c3)c2)OC1(C)C. The molecule has 2 aliphatic rings. The molecular weight excluding hydrogens is 834 g/mol. The van der Waals surface area contributed by atoms with Crippen LogP contribution in [0.5, 0.6) is 0 Å². The van der Waals surface area contributed by atoms with Gasteiger partial charge in [0.2, 0.25) is 0 Å². The van der Waals surface area contributed by atoms with Crippen LogP contribution in [0.4, 0.5) is 34.1 Å². The van der Waals surface area contributed by atoms with Gasteiger partial charge in [-0.15, -0.1) is 0 Å². The molecule has 8 aromatic carbocycles. The average Bonchev–Trinajstić information content (AvgIpc) is 3.72. The number of rotatable bonds is 11. The fourth-order valence-electron chi connectivity index (χ4n) is 9.01. The Kier molecular flexibility index (Phi) is 11.8. The van der Waals surface area contributed by atoms with Crippen LogP contribution in [-0.2, 0) is 18.6 Å². The molecule has 2 saturated heterocycles. The maximum Gasteiger partial charge on any atom is 0.494 e. The molecule has 0 amide bonds. The molecule has 2 heterocycles. The molecule has 0 bridgehead atoms. The summed E-state index contributed by atoms with van der Waals surface area (Å²) < 4.78 is 27.0. The van der Waals surface area contributed by atoms with E-state index < -0.39 is 36.6 Å². The molecule has 0 atom stereocenters. The molecule has 0 saturated carbocycles. The van der Waals surface area contributed by atoms with E-state index in [0.717, 1.165) is 78.4 Å². The first kappa shape index (κ1) is 45.1. The van der Waals surface area contributed by atoms with Crippen LogP contribution in [0.2, 0.25) is 0 Å². The fraction of sp³-hybridized carbons (Fsp3) is 0.200. The van der Waals surface area contributed by atoms with Gasteiger partial charge in [-0.3, -0.25) is 0 Å². The van der Waals surface area contributed by atoms with Crippen molar-refractivity contribution in [3.05, 3.63) is 206 Å². The Morgan fingerprint density at radius 2 is 0.485 bits per heavy atom. The van der Waals surface area contributed by atoms with Crippen LogP contribution in [0.3, 0.4) is 0 Å². The molecule has 6 nitrogen and oxygen atoms in total. The van der Waals surface area contributed by atoms with Crippen molar-refractivity contribution in [3.8, 4) is 33.4 Å². The minimum atomic E-state index is -0.569. The minimum absolute atomic E-state index is 0.513. The molecule has 0 N–H and O–H groups in total. The third-order valence-corrected chi connectivity index (χ3v) is 14.3. The summed E-state index contributed by atoms with van der Waals surface area (Å²) in [4.78, 5) is 4.57. The first-order valence-corrected chi connectivity index (χ1v) is 23.7. The first-order valence-electron chi connectivity index (χ1n) is 23.7. The zero-order chi connectivity index (χ0) is 47.3. The summed E-state index contributed by atoms with van der Waals surface area (Å²) in [6, 6.07) is 73.1. The number of anilines is 6. The molecular formula is C60H58B2N2O4. The number of hydrogen-bond donors (Lipinski definition) is 0. The van der Waals surface area contributed by atoms with Gasteiger partial charge < -0.3 is 28.4 Å². The Morgan fingerprint density at radius 3 is 0.735 bits per heavy atom. The molecule has 0 unspecified atom stereocenters. The second-order valence-electron chi connectivity index (χ2n) is 20.0. The lowest BCUT2D eigenvalue weighted by Crippen LogP contribution is -2.41. The predicted octanol–water partition coefficient (Wildman–Crippen LogP) is 14.2. The molecule has 8 heteroatoms. The van der Waals surface area contributed by atoms with Gasteiger partial charge in [-0.1, -0.05) is 121 Å². The second kappa shape index (κ2) is 17.8. The summed E-state index contributed by atoms with van der Waals surface area (Å²) >= 11 is 0. The van der Waals surface area contributed by atoms with Gasteiger partial charge in [-0.25, -0.2) is 0 Å². The standard InChI is InChI=1S/C60H58B2N2O4/c1-57(2)58(3,4)66-61(65-57)49-39-45(43-29-33-55(34-30-43)63(51-21-13-9-14-22-51)52-23-15-10-16-24-52)37-47(41-49)48-38-46(40-50(42-48)62-67-59(5,6)60(7,8)68-62)44-31-35-56(36-32-44)64(53-25-17-11-18-26-53)54-27-19-12-20-28-54/h9-42H,1-8H3. The fourth-order valence-corrected chi connectivity index (χ4v) is 9.01. The molecule has 10 rings (SSSR count). The van der Waals surface area contributed by atoms with Crippen LogP contribution in [0.25, 0.3) is 33.4 Å². The molecule has 2 aliphatic heterocycles. The van der Waals surface area contributed by atoms with Crippen molar-refractivity contribution >= 4 is 59.3 Å². The predicted molar refractivity (Wildman–Crippen MR) is 284 cm³/mol. The Morgan fingerprint density at radius 1 is 0.265 bits per heavy atom. The third kappa shape index (κ3) is 8.81. The smallest absolute Gasteiger partial charge is 0.399 e. The van der Waals surface area contributed by atoms with Crippen molar-refractivity contribution in [2.75, 3.05) is 9.80 Å². The normalized spacial score (nSPS) is 16.7. The molecule has 68 heavy (non-hydrogen) atoms. The van der Waals surface area contributed by atoms with Gasteiger partial charge >= 0.3 is 14.2 Å². The summed E-state index contributed by atoms with van der Waals surface area (Å²) in [5.74, 6) is 0. The highest BCUT2D eigenvalue weighted by Gasteiger charge is 2.53. The molecule has 0 spiro atoms. The summed E-state index contributed by atoms with van der Waals surface area (Å²) in [6.45, 7) is 16.8.